The maximum Gasteiger partial charge on any atom is 0.573 e. The molecule has 0 heterocycles. The van der Waals surface area contributed by atoms with Gasteiger partial charge in [-0.3, -0.25) is 4.79 Å². The highest BCUT2D eigenvalue weighted by Gasteiger charge is 2.31. The second kappa shape index (κ2) is 7.43. The summed E-state index contributed by atoms with van der Waals surface area (Å²) < 4.78 is 49.1. The number of ether oxygens (including phenoxy) is 3. The van der Waals surface area contributed by atoms with E-state index in [0.717, 1.165) is 18.2 Å². The van der Waals surface area contributed by atoms with E-state index in [2.05, 4.69) is 16.1 Å². The van der Waals surface area contributed by atoms with E-state index >= 15 is 0 Å². The molecule has 0 radical (unpaired) electrons. The number of alkyl halides is 3. The highest BCUT2D eigenvalue weighted by atomic mass is 19.4. The molecular weight excluding hydrogens is 321 g/mol. The Bertz CT molecular complexity index is 636. The Morgan fingerprint density at radius 3 is 2.48 bits per heavy atom. The minimum Gasteiger partial charge on any atom is -0.450 e. The first-order chi connectivity index (χ1) is 10.6. The van der Waals surface area contributed by atoms with Gasteiger partial charge in [0, 0.05) is 5.57 Å². The molecule has 1 aromatic rings. The third-order valence-electron chi connectivity index (χ3n) is 2.24. The number of benzene rings is 1. The molecule has 0 spiro atoms. The molecular formula is C14H11F3O6. The standard InChI is InChI=1S/C14H11F3O6/c1-8(2)13(20)21-7-12(19)22-11-4-3-10(5-9(11)6-18)23-14(15,16)17/h3-6H,1,7H2,2H3. The summed E-state index contributed by atoms with van der Waals surface area (Å²) in [6.45, 7) is 3.93. The van der Waals surface area contributed by atoms with Crippen molar-refractivity contribution in [1.29, 1.82) is 0 Å². The van der Waals surface area contributed by atoms with Crippen LogP contribution in [0.5, 0.6) is 11.5 Å². The van der Waals surface area contributed by atoms with Gasteiger partial charge in [0.05, 0.1) is 5.56 Å². The molecule has 1 rings (SSSR count). The van der Waals surface area contributed by atoms with Gasteiger partial charge in [-0.15, -0.1) is 13.2 Å². The van der Waals surface area contributed by atoms with Crippen molar-refractivity contribution in [2.24, 2.45) is 0 Å². The number of carbonyl (C=O) groups is 3. The van der Waals surface area contributed by atoms with Crippen molar-refractivity contribution in [1.82, 2.24) is 0 Å². The van der Waals surface area contributed by atoms with Gasteiger partial charge in [0.25, 0.3) is 0 Å². The third kappa shape index (κ3) is 6.20. The zero-order valence-electron chi connectivity index (χ0n) is 11.8. The predicted molar refractivity (Wildman–Crippen MR) is 69.9 cm³/mol. The molecule has 0 bridgehead atoms. The van der Waals surface area contributed by atoms with Gasteiger partial charge < -0.3 is 14.2 Å². The van der Waals surface area contributed by atoms with Crippen LogP contribution in [0.15, 0.2) is 30.4 Å². The molecule has 9 heteroatoms. The topological polar surface area (TPSA) is 78.9 Å². The van der Waals surface area contributed by atoms with Crippen LogP contribution in [0.2, 0.25) is 0 Å². The summed E-state index contributed by atoms with van der Waals surface area (Å²) in [7, 11) is 0. The van der Waals surface area contributed by atoms with E-state index in [0.29, 0.717) is 0 Å². The summed E-state index contributed by atoms with van der Waals surface area (Å²) in [5.74, 6) is -2.78. The SMILES string of the molecule is C=C(C)C(=O)OCC(=O)Oc1ccc(OC(F)(F)F)cc1C=O. The molecule has 0 aromatic heterocycles. The van der Waals surface area contributed by atoms with Gasteiger partial charge in [-0.25, -0.2) is 9.59 Å². The first-order valence-corrected chi connectivity index (χ1v) is 6.00. The smallest absolute Gasteiger partial charge is 0.450 e. The highest BCUT2D eigenvalue weighted by Crippen LogP contribution is 2.27. The molecule has 1 aromatic carbocycles. The zero-order chi connectivity index (χ0) is 17.6. The van der Waals surface area contributed by atoms with Crippen LogP contribution in [-0.4, -0.2) is 31.2 Å². The number of rotatable bonds is 6. The molecule has 0 aliphatic rings. The van der Waals surface area contributed by atoms with Crippen LogP contribution >= 0.6 is 0 Å². The summed E-state index contributed by atoms with van der Waals surface area (Å²) in [5, 5.41) is 0. The monoisotopic (exact) mass is 332 g/mol. The van der Waals surface area contributed by atoms with Crippen molar-refractivity contribution < 1.29 is 41.8 Å². The van der Waals surface area contributed by atoms with Gasteiger partial charge in [0.15, 0.2) is 12.9 Å². The van der Waals surface area contributed by atoms with Gasteiger partial charge in [-0.05, 0) is 25.1 Å². The first-order valence-electron chi connectivity index (χ1n) is 6.00. The third-order valence-corrected chi connectivity index (χ3v) is 2.24. The lowest BCUT2D eigenvalue weighted by atomic mass is 10.2. The summed E-state index contributed by atoms with van der Waals surface area (Å²) >= 11 is 0. The average Bonchev–Trinajstić information content (AvgIpc) is 2.44. The predicted octanol–water partition coefficient (Wildman–Crippen LogP) is 2.42. The van der Waals surface area contributed by atoms with E-state index in [4.69, 9.17) is 4.74 Å². The number of hydrogen-bond acceptors (Lipinski definition) is 6. The molecule has 0 amide bonds. The quantitative estimate of drug-likeness (QED) is 0.344. The zero-order valence-corrected chi connectivity index (χ0v) is 11.8. The van der Waals surface area contributed by atoms with Crippen molar-refractivity contribution in [3.05, 3.63) is 35.9 Å². The van der Waals surface area contributed by atoms with Crippen LogP contribution in [0.25, 0.3) is 0 Å². The molecule has 6 nitrogen and oxygen atoms in total. The summed E-state index contributed by atoms with van der Waals surface area (Å²) in [5.41, 5.74) is -0.272. The maximum absolute atomic E-state index is 12.1. The minimum atomic E-state index is -4.92. The second-order valence-corrected chi connectivity index (χ2v) is 4.20. The van der Waals surface area contributed by atoms with Crippen LogP contribution < -0.4 is 9.47 Å². The van der Waals surface area contributed by atoms with E-state index in [-0.39, 0.29) is 23.2 Å². The molecule has 0 saturated heterocycles. The molecule has 23 heavy (non-hydrogen) atoms. The van der Waals surface area contributed by atoms with Gasteiger partial charge in [0.1, 0.15) is 11.5 Å². The Hall–Kier alpha value is -2.84. The van der Waals surface area contributed by atoms with Crippen LogP contribution in [0.1, 0.15) is 17.3 Å². The number of carbonyl (C=O) groups excluding carboxylic acids is 3. The van der Waals surface area contributed by atoms with Gasteiger partial charge in [-0.1, -0.05) is 6.58 Å². The fourth-order valence-corrected chi connectivity index (χ4v) is 1.31. The molecule has 0 aliphatic heterocycles. The number of esters is 2. The molecule has 0 unspecified atom stereocenters. The molecule has 0 atom stereocenters. The fraction of sp³-hybridized carbons (Fsp3) is 0.214. The fourth-order valence-electron chi connectivity index (χ4n) is 1.31. The molecule has 0 fully saturated rings. The van der Waals surface area contributed by atoms with Crippen molar-refractivity contribution >= 4 is 18.2 Å². The number of aldehydes is 1. The van der Waals surface area contributed by atoms with E-state index in [9.17, 15) is 27.6 Å². The summed E-state index contributed by atoms with van der Waals surface area (Å²) in [6.07, 6.45) is -4.74. The number of halogens is 3. The first kappa shape index (κ1) is 18.2. The molecule has 124 valence electrons. The van der Waals surface area contributed by atoms with Crippen molar-refractivity contribution in [3.63, 3.8) is 0 Å². The summed E-state index contributed by atoms with van der Waals surface area (Å²) in [4.78, 5) is 33.4. The Kier molecular flexibility index (Phi) is 5.88. The van der Waals surface area contributed by atoms with E-state index < -0.39 is 30.7 Å². The lowest BCUT2D eigenvalue weighted by Crippen LogP contribution is -2.20. The summed E-state index contributed by atoms with van der Waals surface area (Å²) in [6, 6.07) is 2.56. The highest BCUT2D eigenvalue weighted by molar-refractivity contribution is 5.89. The van der Waals surface area contributed by atoms with Gasteiger partial charge >= 0.3 is 18.3 Å². The Morgan fingerprint density at radius 1 is 1.30 bits per heavy atom. The maximum atomic E-state index is 12.1. The largest absolute Gasteiger partial charge is 0.573 e. The lowest BCUT2D eigenvalue weighted by molar-refractivity contribution is -0.274. The van der Waals surface area contributed by atoms with Crippen LogP contribution in [0, 0.1) is 0 Å². The van der Waals surface area contributed by atoms with Crippen molar-refractivity contribution in [2.45, 2.75) is 13.3 Å². The normalized spacial score (nSPS) is 10.6. The van der Waals surface area contributed by atoms with Crippen LogP contribution in [0.4, 0.5) is 13.2 Å². The van der Waals surface area contributed by atoms with Gasteiger partial charge in [0.2, 0.25) is 0 Å². The van der Waals surface area contributed by atoms with Crippen LogP contribution in [-0.2, 0) is 14.3 Å². The Labute approximate surface area is 128 Å². The minimum absolute atomic E-state index is 0.0695. The average molecular weight is 332 g/mol. The lowest BCUT2D eigenvalue weighted by Gasteiger charge is -2.11. The Balaban J connectivity index is 2.76. The molecule has 0 saturated carbocycles. The van der Waals surface area contributed by atoms with Crippen LogP contribution in [0.3, 0.4) is 0 Å². The van der Waals surface area contributed by atoms with Crippen molar-refractivity contribution in [2.75, 3.05) is 6.61 Å². The Morgan fingerprint density at radius 2 is 1.96 bits per heavy atom. The second-order valence-electron chi connectivity index (χ2n) is 4.20. The van der Waals surface area contributed by atoms with E-state index in [1.165, 1.54) is 6.92 Å². The van der Waals surface area contributed by atoms with E-state index in [1.54, 1.807) is 0 Å². The van der Waals surface area contributed by atoms with Crippen molar-refractivity contribution in [3.8, 4) is 11.5 Å². The van der Waals surface area contributed by atoms with E-state index in [1.807, 2.05) is 0 Å². The number of hydrogen-bond donors (Lipinski definition) is 0. The molecule has 0 N–H and O–H groups in total. The molecule has 0 aliphatic carbocycles. The van der Waals surface area contributed by atoms with Gasteiger partial charge in [-0.2, -0.15) is 0 Å².